The molecule has 0 fully saturated rings. The lowest BCUT2D eigenvalue weighted by atomic mass is 10.0. The highest BCUT2D eigenvalue weighted by Crippen LogP contribution is 2.38. The Kier molecular flexibility index (Phi) is 3.94. The van der Waals surface area contributed by atoms with Crippen molar-refractivity contribution in [2.45, 2.75) is 46.3 Å². The maximum Gasteiger partial charge on any atom is 0.326 e. The van der Waals surface area contributed by atoms with Crippen LogP contribution in [0.1, 0.15) is 33.3 Å². The maximum atomic E-state index is 12.5. The Morgan fingerprint density at radius 2 is 2.05 bits per heavy atom. The Morgan fingerprint density at radius 1 is 1.38 bits per heavy atom. The fraction of sp³-hybridized carbons (Fsp3) is 0.500. The van der Waals surface area contributed by atoms with Crippen molar-refractivity contribution in [3.05, 3.63) is 23.8 Å². The summed E-state index contributed by atoms with van der Waals surface area (Å²) in [5, 5.41) is 0. The van der Waals surface area contributed by atoms with E-state index in [0.29, 0.717) is 11.4 Å². The topological polar surface area (TPSA) is 55.8 Å². The van der Waals surface area contributed by atoms with Crippen molar-refractivity contribution in [1.29, 1.82) is 0 Å². The zero-order chi connectivity index (χ0) is 15.8. The van der Waals surface area contributed by atoms with Crippen LogP contribution < -0.4 is 9.64 Å². The van der Waals surface area contributed by atoms with Crippen molar-refractivity contribution in [3.8, 4) is 5.75 Å². The molecule has 114 valence electrons. The quantitative estimate of drug-likeness (QED) is 0.803. The van der Waals surface area contributed by atoms with Crippen LogP contribution in [0.25, 0.3) is 0 Å². The third-order valence-corrected chi connectivity index (χ3v) is 3.18. The highest BCUT2D eigenvalue weighted by atomic mass is 16.5. The van der Waals surface area contributed by atoms with E-state index in [1.807, 2.05) is 25.1 Å². The molecule has 0 bridgehead atoms. The van der Waals surface area contributed by atoms with Crippen molar-refractivity contribution in [1.82, 2.24) is 0 Å². The summed E-state index contributed by atoms with van der Waals surface area (Å²) in [5.74, 6) is -0.0765. The highest BCUT2D eigenvalue weighted by molar-refractivity contribution is 6.05. The average Bonchev–Trinajstić information content (AvgIpc) is 2.35. The molecule has 0 N–H and O–H groups in total. The lowest BCUT2D eigenvalue weighted by Crippen LogP contribution is -2.54. The van der Waals surface area contributed by atoms with Gasteiger partial charge in [0, 0.05) is 0 Å². The monoisotopic (exact) mass is 291 g/mol. The molecule has 0 aliphatic carbocycles. The number of benzene rings is 1. The summed E-state index contributed by atoms with van der Waals surface area (Å²) in [6, 6.07) is 5.57. The smallest absolute Gasteiger partial charge is 0.326 e. The number of aryl methyl sites for hydroxylation is 1. The molecule has 0 unspecified atom stereocenters. The normalized spacial score (nSPS) is 16.5. The van der Waals surface area contributed by atoms with Crippen LogP contribution in [0.3, 0.4) is 0 Å². The summed E-state index contributed by atoms with van der Waals surface area (Å²) in [7, 11) is 0. The van der Waals surface area contributed by atoms with Crippen LogP contribution in [0.4, 0.5) is 5.69 Å². The van der Waals surface area contributed by atoms with Gasteiger partial charge in [0.15, 0.2) is 5.60 Å². The van der Waals surface area contributed by atoms with Crippen molar-refractivity contribution < 1.29 is 19.1 Å². The molecule has 1 amide bonds. The number of carbonyl (C=O) groups excluding carboxylic acids is 2. The minimum Gasteiger partial charge on any atom is -0.476 e. The van der Waals surface area contributed by atoms with Crippen LogP contribution >= 0.6 is 0 Å². The molecule has 2 rings (SSSR count). The molecule has 1 aliphatic rings. The fourth-order valence-electron chi connectivity index (χ4n) is 2.26. The number of anilines is 1. The van der Waals surface area contributed by atoms with Crippen molar-refractivity contribution >= 4 is 17.6 Å². The highest BCUT2D eigenvalue weighted by Gasteiger charge is 2.41. The first-order chi connectivity index (χ1) is 9.70. The molecule has 0 saturated heterocycles. The predicted molar refractivity (Wildman–Crippen MR) is 79.5 cm³/mol. The molecule has 5 nitrogen and oxygen atoms in total. The number of nitrogens with zero attached hydrogens (tertiary/aromatic N) is 1. The lowest BCUT2D eigenvalue weighted by Gasteiger charge is -2.38. The Bertz CT molecular complexity index is 578. The van der Waals surface area contributed by atoms with Crippen LogP contribution in [0, 0.1) is 6.92 Å². The molecule has 0 saturated carbocycles. The number of amides is 1. The van der Waals surface area contributed by atoms with E-state index < -0.39 is 11.6 Å². The zero-order valence-electron chi connectivity index (χ0n) is 13.1. The van der Waals surface area contributed by atoms with Gasteiger partial charge in [0.05, 0.1) is 11.8 Å². The van der Waals surface area contributed by atoms with Gasteiger partial charge in [-0.1, -0.05) is 6.07 Å². The van der Waals surface area contributed by atoms with E-state index in [0.717, 1.165) is 5.56 Å². The van der Waals surface area contributed by atoms with Crippen LogP contribution in [-0.2, 0) is 14.3 Å². The number of hydrogen-bond acceptors (Lipinski definition) is 4. The van der Waals surface area contributed by atoms with Gasteiger partial charge < -0.3 is 9.47 Å². The molecular formula is C16H21NO4. The number of hydrogen-bond donors (Lipinski definition) is 0. The van der Waals surface area contributed by atoms with Crippen LogP contribution in [0.2, 0.25) is 0 Å². The third-order valence-electron chi connectivity index (χ3n) is 3.18. The van der Waals surface area contributed by atoms with Gasteiger partial charge >= 0.3 is 5.97 Å². The van der Waals surface area contributed by atoms with E-state index >= 15 is 0 Å². The second-order valence-electron chi connectivity index (χ2n) is 6.01. The molecule has 21 heavy (non-hydrogen) atoms. The largest absolute Gasteiger partial charge is 0.476 e. The molecule has 0 aromatic heterocycles. The van der Waals surface area contributed by atoms with Gasteiger partial charge in [-0.15, -0.1) is 0 Å². The minimum atomic E-state index is -1.000. The van der Waals surface area contributed by atoms with Crippen LogP contribution in [-0.4, -0.2) is 30.1 Å². The Hall–Kier alpha value is -2.04. The van der Waals surface area contributed by atoms with E-state index in [9.17, 15) is 9.59 Å². The molecule has 1 aromatic rings. The molecule has 0 spiro atoms. The van der Waals surface area contributed by atoms with Crippen molar-refractivity contribution in [2.24, 2.45) is 0 Å². The fourth-order valence-corrected chi connectivity index (χ4v) is 2.26. The summed E-state index contributed by atoms with van der Waals surface area (Å²) in [6.07, 6.45) is -0.210. The number of ether oxygens (including phenoxy) is 2. The first-order valence-corrected chi connectivity index (χ1v) is 7.02. The number of esters is 1. The van der Waals surface area contributed by atoms with E-state index in [4.69, 9.17) is 9.47 Å². The van der Waals surface area contributed by atoms with Gasteiger partial charge in [0.2, 0.25) is 0 Å². The molecule has 5 heteroatoms. The molecule has 1 aromatic carbocycles. The van der Waals surface area contributed by atoms with Gasteiger partial charge in [-0.25, -0.2) is 0 Å². The minimum absolute atomic E-state index is 0.111. The Balaban J connectivity index is 2.36. The van der Waals surface area contributed by atoms with Crippen molar-refractivity contribution in [2.75, 3.05) is 11.4 Å². The molecule has 1 heterocycles. The van der Waals surface area contributed by atoms with Gasteiger partial charge in [-0.05, 0) is 52.3 Å². The van der Waals surface area contributed by atoms with E-state index in [2.05, 4.69) is 0 Å². The summed E-state index contributed by atoms with van der Waals surface area (Å²) < 4.78 is 10.9. The standard InChI is InChI=1S/C16H21NO4/c1-10(2)20-14(18)9-17-12-8-11(3)6-7-13(12)21-16(4,5)15(17)19/h6-8,10H,9H2,1-5H3. The number of fused-ring (bicyclic) bond motifs is 1. The van der Waals surface area contributed by atoms with Gasteiger partial charge in [-0.3, -0.25) is 14.5 Å². The summed E-state index contributed by atoms with van der Waals surface area (Å²) in [4.78, 5) is 25.9. The maximum absolute atomic E-state index is 12.5. The first-order valence-electron chi connectivity index (χ1n) is 7.02. The number of rotatable bonds is 3. The van der Waals surface area contributed by atoms with Crippen molar-refractivity contribution in [3.63, 3.8) is 0 Å². The van der Waals surface area contributed by atoms with Gasteiger partial charge in [-0.2, -0.15) is 0 Å². The van der Waals surface area contributed by atoms with Gasteiger partial charge in [0.25, 0.3) is 5.91 Å². The van der Waals surface area contributed by atoms with Crippen LogP contribution in [0.5, 0.6) is 5.75 Å². The average molecular weight is 291 g/mol. The number of carbonyl (C=O) groups is 2. The Labute approximate surface area is 124 Å². The third kappa shape index (κ3) is 3.17. The second kappa shape index (κ2) is 5.39. The molecule has 0 radical (unpaired) electrons. The molecule has 0 atom stereocenters. The second-order valence-corrected chi connectivity index (χ2v) is 6.01. The summed E-state index contributed by atoms with van der Waals surface area (Å²) in [6.45, 7) is 8.76. The lowest BCUT2D eigenvalue weighted by molar-refractivity contribution is -0.147. The van der Waals surface area contributed by atoms with E-state index in [1.165, 1.54) is 4.90 Å². The van der Waals surface area contributed by atoms with E-state index in [1.54, 1.807) is 27.7 Å². The van der Waals surface area contributed by atoms with E-state index in [-0.39, 0.29) is 18.6 Å². The molecular weight excluding hydrogens is 270 g/mol. The zero-order valence-corrected chi connectivity index (χ0v) is 13.1. The van der Waals surface area contributed by atoms with Crippen LogP contribution in [0.15, 0.2) is 18.2 Å². The SMILES string of the molecule is Cc1ccc2c(c1)N(CC(=O)OC(C)C)C(=O)C(C)(C)O2. The predicted octanol–water partition coefficient (Wildman–Crippen LogP) is 2.45. The first kappa shape index (κ1) is 15.4. The summed E-state index contributed by atoms with van der Waals surface area (Å²) >= 11 is 0. The van der Waals surface area contributed by atoms with Gasteiger partial charge in [0.1, 0.15) is 12.3 Å². The molecule has 1 aliphatic heterocycles. The Morgan fingerprint density at radius 3 is 2.67 bits per heavy atom. The summed E-state index contributed by atoms with van der Waals surface area (Å²) in [5.41, 5.74) is 0.604.